The topological polar surface area (TPSA) is 41.1 Å². The number of carbonyl (C=O) groups excluding carboxylic acids is 1. The first-order valence-corrected chi connectivity index (χ1v) is 14.8. The fraction of sp³-hybridized carbons (Fsp3) is 0.350. The summed E-state index contributed by atoms with van der Waals surface area (Å²) in [4.78, 5) is 11.2. The molecule has 2 heterocycles. The molecule has 2 N–H and O–H groups in total. The zero-order valence-corrected chi connectivity index (χ0v) is 25.0. The highest BCUT2D eigenvalue weighted by molar-refractivity contribution is 8.19. The molecular formula is C20H24B20N2O. The number of rotatable bonds is 8. The normalized spacial score (nSPS) is 13.0. The van der Waals surface area contributed by atoms with E-state index in [4.69, 9.17) is 85.1 Å². The van der Waals surface area contributed by atoms with Crippen molar-refractivity contribution in [3.63, 3.8) is 0 Å². The maximum Gasteiger partial charge on any atom is 0.139 e. The highest BCUT2D eigenvalue weighted by Gasteiger charge is 2.44. The average Bonchev–Trinajstić information content (AvgIpc) is 3.29. The largest absolute Gasteiger partial charge is 0.385 e. The molecule has 2 aromatic carbocycles. The van der Waals surface area contributed by atoms with Gasteiger partial charge >= 0.3 is 0 Å². The van der Waals surface area contributed by atoms with Crippen molar-refractivity contribution in [2.45, 2.75) is 32.1 Å². The monoisotopic (exact) mass is 528 g/mol. The minimum atomic E-state index is -0.889. The van der Waals surface area contributed by atoms with E-state index < -0.39 is 57.5 Å². The Bertz CT molecular complexity index is 1050. The Balaban J connectivity index is 0.000000238. The molecule has 0 atom stereocenters. The van der Waals surface area contributed by atoms with Gasteiger partial charge in [-0.25, -0.2) is 0 Å². The summed E-state index contributed by atoms with van der Waals surface area (Å²) in [7, 11) is 63.2. The van der Waals surface area contributed by atoms with Gasteiger partial charge in [-0.1, -0.05) is 36.4 Å². The number of hydrogen-bond acceptors (Lipinski definition) is 3. The third-order valence-electron chi connectivity index (χ3n) is 7.89. The van der Waals surface area contributed by atoms with Crippen LogP contribution in [0, 0.1) is 0 Å². The molecule has 0 saturated heterocycles. The molecule has 0 aromatic heterocycles. The molecule has 0 aliphatic carbocycles. The Kier molecular flexibility index (Phi) is 17.3. The molecule has 0 saturated carbocycles. The van der Waals surface area contributed by atoms with Crippen molar-refractivity contribution in [3.05, 3.63) is 59.7 Å². The minimum Gasteiger partial charge on any atom is -0.385 e. The molecule has 23 heteroatoms. The van der Waals surface area contributed by atoms with Crippen LogP contribution in [0.3, 0.4) is 0 Å². The molecular weight excluding hydrogens is 500 g/mol. The maximum atomic E-state index is 11.2. The summed E-state index contributed by atoms with van der Waals surface area (Å²) in [6, 6.07) is 16.6. The summed E-state index contributed by atoms with van der Waals surface area (Å²) < 4.78 is 0. The molecule has 0 amide bonds. The molecule has 3 nitrogen and oxygen atoms in total. The number of Topliss-reactive ketones (excluding diaryl/α,β-unsaturated/α-hetero) is 1. The van der Waals surface area contributed by atoms with Crippen molar-refractivity contribution >= 4 is 160 Å². The Hall–Kier alpha value is -0.991. The van der Waals surface area contributed by atoms with E-state index >= 15 is 0 Å². The predicted octanol–water partition coefficient (Wildman–Crippen LogP) is -3.57. The van der Waals surface area contributed by atoms with Crippen LogP contribution in [0.5, 0.6) is 0 Å². The van der Waals surface area contributed by atoms with Gasteiger partial charge in [-0.2, -0.15) is 0 Å². The summed E-state index contributed by atoms with van der Waals surface area (Å²) in [6.45, 7) is 1.91. The van der Waals surface area contributed by atoms with E-state index in [2.05, 4.69) is 34.9 Å². The second-order valence-corrected chi connectivity index (χ2v) is 11.3. The van der Waals surface area contributed by atoms with E-state index in [1.807, 2.05) is 24.3 Å². The third kappa shape index (κ3) is 12.4. The zero-order valence-electron chi connectivity index (χ0n) is 25.0. The number of para-hydroxylation sites is 2. The quantitative estimate of drug-likeness (QED) is 0.352. The van der Waals surface area contributed by atoms with E-state index in [0.717, 1.165) is 24.3 Å². The molecule has 2 aromatic rings. The zero-order chi connectivity index (χ0) is 32.1. The van der Waals surface area contributed by atoms with Crippen molar-refractivity contribution in [2.24, 2.45) is 0 Å². The first-order valence-electron chi connectivity index (χ1n) is 14.8. The van der Waals surface area contributed by atoms with Crippen LogP contribution in [-0.2, 0) is 17.6 Å². The van der Waals surface area contributed by atoms with Crippen LogP contribution >= 0.6 is 0 Å². The number of ketones is 1. The van der Waals surface area contributed by atoms with E-state index in [-0.39, 0.29) is 0 Å². The molecule has 2 aliphatic heterocycles. The standard InChI is InChI=1S/C10H11NO.C10H13N.B20/c12-9-5-6-11-10-4-2-1-3-8(10)7-9;1-2-7-10-9(5-1)6-3-4-8-11-10;1-12(2)17(11)20(18(13(3)4)14(5)6)19(15(7)8)16(9)10/h1-4,11H,5-7H2;1-2,5,7,11H,3-4,6,8H2;. The molecule has 0 bridgehead atoms. The summed E-state index contributed by atoms with van der Waals surface area (Å²) >= 11 is 0. The SMILES string of the molecule is O=C1CCNc2ccccc2C1.[B]B([B])B([B])B(B(B([B])[B])B([B])[B])B(B([B])[B])B([B])[B].c1ccc2c(c1)CCCCN2. The molecule has 4 rings (SSSR count). The summed E-state index contributed by atoms with van der Waals surface area (Å²) in [6.07, 6.45) is -2.06. The molecule has 0 unspecified atom stereocenters. The van der Waals surface area contributed by atoms with Crippen LogP contribution in [0.4, 0.5) is 11.4 Å². The average molecular weight is 525 g/mol. The second-order valence-electron chi connectivity index (χ2n) is 11.3. The Labute approximate surface area is 278 Å². The molecule has 0 spiro atoms. The second kappa shape index (κ2) is 19.5. The number of anilines is 2. The van der Waals surface area contributed by atoms with Gasteiger partial charge in [-0.15, -0.1) is 0 Å². The Morgan fingerprint density at radius 3 is 1.49 bits per heavy atom. The third-order valence-corrected chi connectivity index (χ3v) is 7.89. The van der Waals surface area contributed by atoms with E-state index in [1.54, 1.807) is 0 Å². The van der Waals surface area contributed by atoms with Crippen LogP contribution in [-0.4, -0.2) is 161 Å². The summed E-state index contributed by atoms with van der Waals surface area (Å²) in [5.74, 6) is 0.326. The van der Waals surface area contributed by atoms with Gasteiger partial charge in [-0.05, 0) is 42.5 Å². The fourth-order valence-corrected chi connectivity index (χ4v) is 5.62. The number of carbonyl (C=O) groups is 1. The van der Waals surface area contributed by atoms with Gasteiger partial charge < -0.3 is 10.6 Å². The van der Waals surface area contributed by atoms with Gasteiger partial charge in [-0.3, -0.25) is 4.79 Å². The summed E-state index contributed by atoms with van der Waals surface area (Å²) in [5.41, 5.74) is 5.05. The molecule has 43 heavy (non-hydrogen) atoms. The smallest absolute Gasteiger partial charge is 0.139 e. The van der Waals surface area contributed by atoms with Crippen molar-refractivity contribution < 1.29 is 4.79 Å². The van der Waals surface area contributed by atoms with Crippen molar-refractivity contribution in [2.75, 3.05) is 23.7 Å². The fourth-order valence-electron chi connectivity index (χ4n) is 5.62. The Morgan fingerprint density at radius 2 is 0.977 bits per heavy atom. The summed E-state index contributed by atoms with van der Waals surface area (Å²) in [5, 5.41) is 6.66. The Morgan fingerprint density at radius 1 is 0.512 bits per heavy atom. The minimum absolute atomic E-state index is 0.326. The van der Waals surface area contributed by atoms with Gasteiger partial charge in [0.2, 0.25) is 0 Å². The number of aryl methyl sites for hydroxylation is 1. The van der Waals surface area contributed by atoms with Crippen LogP contribution < -0.4 is 10.6 Å². The lowest BCUT2D eigenvalue weighted by atomic mass is 8.39. The highest BCUT2D eigenvalue weighted by Crippen LogP contribution is 2.20. The van der Waals surface area contributed by atoms with Crippen molar-refractivity contribution in [1.82, 2.24) is 0 Å². The van der Waals surface area contributed by atoms with E-state index in [9.17, 15) is 4.79 Å². The molecule has 22 radical (unpaired) electrons. The molecule has 180 valence electrons. The van der Waals surface area contributed by atoms with Gasteiger partial charge in [0.1, 0.15) is 5.78 Å². The number of hydrogen-bond donors (Lipinski definition) is 2. The molecule has 2 aliphatic rings. The van der Waals surface area contributed by atoms with Gasteiger partial charge in [0, 0.05) is 180 Å². The van der Waals surface area contributed by atoms with Crippen LogP contribution in [0.15, 0.2) is 48.5 Å². The number of fused-ring (bicyclic) bond motifs is 2. The lowest BCUT2D eigenvalue weighted by Gasteiger charge is -2.42. The van der Waals surface area contributed by atoms with E-state index in [0.29, 0.717) is 18.6 Å². The highest BCUT2D eigenvalue weighted by atomic mass is 16.1. The van der Waals surface area contributed by atoms with Gasteiger partial charge in [0.15, 0.2) is 0 Å². The van der Waals surface area contributed by atoms with Gasteiger partial charge in [0.25, 0.3) is 0 Å². The first kappa shape index (κ1) is 38.2. The van der Waals surface area contributed by atoms with Crippen molar-refractivity contribution in [3.8, 4) is 0 Å². The van der Waals surface area contributed by atoms with Crippen molar-refractivity contribution in [1.29, 1.82) is 0 Å². The van der Waals surface area contributed by atoms with Crippen LogP contribution in [0.2, 0.25) is 0 Å². The van der Waals surface area contributed by atoms with E-state index in [1.165, 1.54) is 30.5 Å². The number of nitrogens with one attached hydrogen (secondary N) is 2. The lowest BCUT2D eigenvalue weighted by molar-refractivity contribution is -0.118. The van der Waals surface area contributed by atoms with Gasteiger partial charge in [0.05, 0.1) is 0 Å². The van der Waals surface area contributed by atoms with Crippen LogP contribution in [0.25, 0.3) is 0 Å². The molecule has 0 fully saturated rings. The lowest BCUT2D eigenvalue weighted by Crippen LogP contribution is -2.80. The first-order chi connectivity index (χ1) is 20.3. The predicted molar refractivity (Wildman–Crippen MR) is 211 cm³/mol. The number of benzene rings is 2. The maximum absolute atomic E-state index is 11.2. The van der Waals surface area contributed by atoms with Crippen LogP contribution in [0.1, 0.15) is 30.4 Å².